The molecule has 0 aliphatic heterocycles. The topological polar surface area (TPSA) is 64.7 Å². The highest BCUT2D eigenvalue weighted by Gasteiger charge is 2.23. The first-order valence-electron chi connectivity index (χ1n) is 9.34. The van der Waals surface area contributed by atoms with Crippen LogP contribution in [0.4, 0.5) is 5.82 Å². The molecule has 1 amide bonds. The van der Waals surface area contributed by atoms with Crippen molar-refractivity contribution >= 4 is 11.7 Å². The van der Waals surface area contributed by atoms with Gasteiger partial charge in [-0.3, -0.25) is 4.79 Å². The summed E-state index contributed by atoms with van der Waals surface area (Å²) in [4.78, 5) is 17.0. The number of carbonyl (C=O) groups is 1. The van der Waals surface area contributed by atoms with Gasteiger partial charge >= 0.3 is 0 Å². The van der Waals surface area contributed by atoms with Gasteiger partial charge in [-0.25, -0.2) is 9.67 Å². The average molecular weight is 365 g/mol. The Morgan fingerprint density at radius 2 is 1.93 bits per heavy atom. The second kappa shape index (κ2) is 7.78. The van der Waals surface area contributed by atoms with Gasteiger partial charge in [-0.05, 0) is 26.3 Å². The SMILES string of the molecule is CCc1nccn1CCC(=O)Nc1c(-c2ccccc2)cnn1C(C)(C)C. The summed E-state index contributed by atoms with van der Waals surface area (Å²) in [5.74, 6) is 1.70. The van der Waals surface area contributed by atoms with Crippen LogP contribution < -0.4 is 5.32 Å². The first-order chi connectivity index (χ1) is 12.9. The van der Waals surface area contributed by atoms with E-state index in [2.05, 4.69) is 43.1 Å². The number of nitrogens with zero attached hydrogens (tertiary/aromatic N) is 4. The fourth-order valence-corrected chi connectivity index (χ4v) is 3.08. The van der Waals surface area contributed by atoms with Gasteiger partial charge < -0.3 is 9.88 Å². The minimum Gasteiger partial charge on any atom is -0.334 e. The maximum absolute atomic E-state index is 12.7. The molecule has 0 radical (unpaired) electrons. The zero-order chi connectivity index (χ0) is 19.4. The van der Waals surface area contributed by atoms with Gasteiger partial charge in [0.1, 0.15) is 11.6 Å². The van der Waals surface area contributed by atoms with Crippen LogP contribution in [0.15, 0.2) is 48.9 Å². The molecule has 142 valence electrons. The predicted octanol–water partition coefficient (Wildman–Crippen LogP) is 4.09. The molecule has 3 aromatic rings. The van der Waals surface area contributed by atoms with E-state index >= 15 is 0 Å². The monoisotopic (exact) mass is 365 g/mol. The third-order valence-electron chi connectivity index (χ3n) is 4.44. The van der Waals surface area contributed by atoms with E-state index in [1.807, 2.05) is 52.0 Å². The number of anilines is 1. The predicted molar refractivity (Wildman–Crippen MR) is 108 cm³/mol. The molecule has 0 aliphatic carbocycles. The van der Waals surface area contributed by atoms with Crippen LogP contribution in [0.2, 0.25) is 0 Å². The molecule has 0 saturated heterocycles. The molecular formula is C21H27N5O. The van der Waals surface area contributed by atoms with Gasteiger partial charge in [0, 0.05) is 37.3 Å². The van der Waals surface area contributed by atoms with Crippen LogP contribution in [0.5, 0.6) is 0 Å². The summed E-state index contributed by atoms with van der Waals surface area (Å²) in [7, 11) is 0. The maximum Gasteiger partial charge on any atom is 0.227 e. The van der Waals surface area contributed by atoms with E-state index in [0.29, 0.717) is 13.0 Å². The number of aryl methyl sites for hydroxylation is 2. The Hall–Kier alpha value is -2.89. The van der Waals surface area contributed by atoms with Crippen molar-refractivity contribution in [1.82, 2.24) is 19.3 Å². The van der Waals surface area contributed by atoms with Gasteiger partial charge in [-0.2, -0.15) is 5.10 Å². The molecular weight excluding hydrogens is 338 g/mol. The molecule has 2 aromatic heterocycles. The molecule has 2 heterocycles. The molecule has 1 aromatic carbocycles. The number of rotatable bonds is 6. The van der Waals surface area contributed by atoms with E-state index in [9.17, 15) is 4.79 Å². The van der Waals surface area contributed by atoms with Crippen molar-refractivity contribution in [2.75, 3.05) is 5.32 Å². The number of benzene rings is 1. The number of amides is 1. The van der Waals surface area contributed by atoms with Crippen molar-refractivity contribution in [3.05, 3.63) is 54.7 Å². The molecule has 3 rings (SSSR count). The summed E-state index contributed by atoms with van der Waals surface area (Å²) in [5.41, 5.74) is 1.72. The van der Waals surface area contributed by atoms with Gasteiger partial charge in [0.2, 0.25) is 5.91 Å². The largest absolute Gasteiger partial charge is 0.334 e. The number of aromatic nitrogens is 4. The molecule has 0 saturated carbocycles. The Balaban J connectivity index is 1.82. The van der Waals surface area contributed by atoms with Crippen LogP contribution in [0, 0.1) is 0 Å². The molecule has 0 fully saturated rings. The molecule has 0 bridgehead atoms. The van der Waals surface area contributed by atoms with E-state index in [0.717, 1.165) is 29.2 Å². The highest BCUT2D eigenvalue weighted by Crippen LogP contribution is 2.31. The lowest BCUT2D eigenvalue weighted by Crippen LogP contribution is -2.27. The Bertz CT molecular complexity index is 902. The highest BCUT2D eigenvalue weighted by molar-refractivity contribution is 5.94. The van der Waals surface area contributed by atoms with Crippen LogP contribution in [-0.2, 0) is 23.3 Å². The summed E-state index contributed by atoms with van der Waals surface area (Å²) in [6, 6.07) is 10.0. The average Bonchev–Trinajstić information content (AvgIpc) is 3.26. The van der Waals surface area contributed by atoms with Crippen LogP contribution in [0.25, 0.3) is 11.1 Å². The van der Waals surface area contributed by atoms with Gasteiger partial charge in [-0.15, -0.1) is 0 Å². The number of hydrogen-bond acceptors (Lipinski definition) is 3. The summed E-state index contributed by atoms with van der Waals surface area (Å²) in [6.07, 6.45) is 6.75. The third-order valence-corrected chi connectivity index (χ3v) is 4.44. The lowest BCUT2D eigenvalue weighted by atomic mass is 10.1. The van der Waals surface area contributed by atoms with E-state index in [4.69, 9.17) is 0 Å². The van der Waals surface area contributed by atoms with Crippen LogP contribution in [0.1, 0.15) is 39.9 Å². The Morgan fingerprint density at radius 3 is 2.59 bits per heavy atom. The highest BCUT2D eigenvalue weighted by atomic mass is 16.1. The van der Waals surface area contributed by atoms with E-state index in [-0.39, 0.29) is 11.4 Å². The minimum absolute atomic E-state index is 0.0334. The summed E-state index contributed by atoms with van der Waals surface area (Å²) >= 11 is 0. The Labute approximate surface area is 160 Å². The first-order valence-corrected chi connectivity index (χ1v) is 9.34. The quantitative estimate of drug-likeness (QED) is 0.715. The van der Waals surface area contributed by atoms with Gasteiger partial charge in [0.25, 0.3) is 0 Å². The number of hydrogen-bond donors (Lipinski definition) is 1. The molecule has 0 spiro atoms. The standard InChI is InChI=1S/C21H27N5O/c1-5-18-22-12-14-25(18)13-11-19(27)24-20-17(16-9-7-6-8-10-16)15-23-26(20)21(2,3)4/h6-10,12,14-15H,5,11,13H2,1-4H3,(H,24,27). The van der Waals surface area contributed by atoms with E-state index in [1.54, 1.807) is 6.20 Å². The first kappa shape index (κ1) is 18.9. The molecule has 6 nitrogen and oxygen atoms in total. The van der Waals surface area contributed by atoms with Crippen LogP contribution >= 0.6 is 0 Å². The lowest BCUT2D eigenvalue weighted by molar-refractivity contribution is -0.116. The number of nitrogens with one attached hydrogen (secondary N) is 1. The normalized spacial score (nSPS) is 11.6. The maximum atomic E-state index is 12.7. The molecule has 27 heavy (non-hydrogen) atoms. The summed E-state index contributed by atoms with van der Waals surface area (Å²) in [5, 5.41) is 7.63. The zero-order valence-electron chi connectivity index (χ0n) is 16.4. The van der Waals surface area contributed by atoms with Gasteiger partial charge in [0.05, 0.1) is 11.7 Å². The third kappa shape index (κ3) is 4.27. The number of carbonyl (C=O) groups excluding carboxylic acids is 1. The van der Waals surface area contributed by atoms with E-state index < -0.39 is 0 Å². The molecule has 0 aliphatic rings. The van der Waals surface area contributed by atoms with Crippen molar-refractivity contribution in [2.45, 2.75) is 52.6 Å². The Kier molecular flexibility index (Phi) is 5.44. The van der Waals surface area contributed by atoms with Gasteiger partial charge in [-0.1, -0.05) is 37.3 Å². The fourth-order valence-electron chi connectivity index (χ4n) is 3.08. The summed E-state index contributed by atoms with van der Waals surface area (Å²) < 4.78 is 3.90. The van der Waals surface area contributed by atoms with Crippen molar-refractivity contribution in [2.24, 2.45) is 0 Å². The molecule has 6 heteroatoms. The van der Waals surface area contributed by atoms with Crippen molar-refractivity contribution < 1.29 is 4.79 Å². The minimum atomic E-state index is -0.241. The smallest absolute Gasteiger partial charge is 0.227 e. The van der Waals surface area contributed by atoms with Crippen LogP contribution in [-0.4, -0.2) is 25.2 Å². The van der Waals surface area contributed by atoms with Gasteiger partial charge in [0.15, 0.2) is 0 Å². The second-order valence-electron chi connectivity index (χ2n) is 7.54. The zero-order valence-corrected chi connectivity index (χ0v) is 16.4. The van der Waals surface area contributed by atoms with E-state index in [1.165, 1.54) is 0 Å². The van der Waals surface area contributed by atoms with Crippen molar-refractivity contribution in [3.8, 4) is 11.1 Å². The lowest BCUT2D eigenvalue weighted by Gasteiger charge is -2.23. The molecule has 1 N–H and O–H groups in total. The second-order valence-corrected chi connectivity index (χ2v) is 7.54. The Morgan fingerprint density at radius 1 is 1.19 bits per heavy atom. The number of imidazole rings is 1. The summed E-state index contributed by atoms with van der Waals surface area (Å²) in [6.45, 7) is 8.89. The van der Waals surface area contributed by atoms with Crippen molar-refractivity contribution in [3.63, 3.8) is 0 Å². The van der Waals surface area contributed by atoms with Crippen molar-refractivity contribution in [1.29, 1.82) is 0 Å². The van der Waals surface area contributed by atoms with Crippen LogP contribution in [0.3, 0.4) is 0 Å². The molecule has 0 atom stereocenters. The molecule has 0 unspecified atom stereocenters. The fraction of sp³-hybridized carbons (Fsp3) is 0.381.